The highest BCUT2D eigenvalue weighted by atomic mass is 79.9. The van der Waals surface area contributed by atoms with Gasteiger partial charge in [0, 0.05) is 26.2 Å². The molecule has 0 saturated carbocycles. The molecular formula is C33H26Br2. The molecule has 2 aliphatic carbocycles. The normalized spacial score (nSPS) is 15.0. The van der Waals surface area contributed by atoms with Crippen LogP contribution < -0.4 is 0 Å². The van der Waals surface area contributed by atoms with Crippen molar-refractivity contribution in [2.75, 3.05) is 0 Å². The molecule has 2 aliphatic rings. The second-order valence-electron chi connectivity index (χ2n) is 9.79. The van der Waals surface area contributed by atoms with E-state index in [0.29, 0.717) is 0 Å². The zero-order chi connectivity index (χ0) is 24.2. The Bertz CT molecular complexity index is 1360. The highest BCUT2D eigenvalue weighted by Gasteiger charge is 2.51. The van der Waals surface area contributed by atoms with Crippen molar-refractivity contribution in [3.05, 3.63) is 152 Å². The number of aryl methyl sites for hydroxylation is 2. The Kier molecular flexibility index (Phi) is 5.70. The lowest BCUT2D eigenvalue weighted by molar-refractivity contribution is 0.395. The van der Waals surface area contributed by atoms with E-state index in [0.717, 1.165) is 8.95 Å². The standard InChI is InChI=1S/C33H26Br2/c1-21-7-17-28-30(19-21)31-20-22(2)8-18-29(31)32(28)33(23-5-3-4-6-23,24-9-13-26(34)14-10-24)25-11-15-27(35)16-12-25/h3-20,23,32H,1-2H3. The molecule has 0 saturated heterocycles. The van der Waals surface area contributed by atoms with Gasteiger partial charge in [-0.15, -0.1) is 0 Å². The molecule has 0 bridgehead atoms. The summed E-state index contributed by atoms with van der Waals surface area (Å²) < 4.78 is 2.20. The monoisotopic (exact) mass is 580 g/mol. The summed E-state index contributed by atoms with van der Waals surface area (Å²) in [5.41, 5.74) is 10.5. The molecule has 0 radical (unpaired) electrons. The minimum atomic E-state index is -0.310. The maximum absolute atomic E-state index is 3.68. The average molecular weight is 582 g/mol. The van der Waals surface area contributed by atoms with Crippen molar-refractivity contribution in [1.29, 1.82) is 0 Å². The fraction of sp³-hybridized carbons (Fsp3) is 0.152. The molecule has 0 heterocycles. The third-order valence-corrected chi connectivity index (χ3v) is 8.76. The molecule has 0 atom stereocenters. The molecule has 0 nitrogen and oxygen atoms in total. The first-order valence-electron chi connectivity index (χ1n) is 12.1. The Hall–Kier alpha value is -2.68. The van der Waals surface area contributed by atoms with Crippen LogP contribution in [0.3, 0.4) is 0 Å². The number of halogens is 2. The highest BCUT2D eigenvalue weighted by molar-refractivity contribution is 9.10. The van der Waals surface area contributed by atoms with Gasteiger partial charge in [-0.25, -0.2) is 0 Å². The van der Waals surface area contributed by atoms with Crippen LogP contribution in [-0.4, -0.2) is 0 Å². The Morgan fingerprint density at radius 1 is 0.571 bits per heavy atom. The topological polar surface area (TPSA) is 0 Å². The number of benzene rings is 4. The lowest BCUT2D eigenvalue weighted by Crippen LogP contribution is -2.40. The fourth-order valence-electron chi connectivity index (χ4n) is 6.23. The van der Waals surface area contributed by atoms with E-state index in [2.05, 4.69) is 155 Å². The van der Waals surface area contributed by atoms with Crippen LogP contribution in [0.4, 0.5) is 0 Å². The lowest BCUT2D eigenvalue weighted by Gasteiger charge is -2.45. The first kappa shape index (κ1) is 22.8. The van der Waals surface area contributed by atoms with Crippen LogP contribution in [-0.2, 0) is 5.41 Å². The van der Waals surface area contributed by atoms with E-state index in [-0.39, 0.29) is 17.3 Å². The average Bonchev–Trinajstić information content (AvgIpc) is 3.49. The molecule has 0 fully saturated rings. The third-order valence-electron chi connectivity index (χ3n) is 7.70. The van der Waals surface area contributed by atoms with Crippen LogP contribution in [0, 0.1) is 19.8 Å². The molecule has 0 aromatic heterocycles. The summed E-state index contributed by atoms with van der Waals surface area (Å²) >= 11 is 7.36. The first-order chi connectivity index (χ1) is 17.0. The predicted octanol–water partition coefficient (Wildman–Crippen LogP) is 9.67. The van der Waals surface area contributed by atoms with Gasteiger partial charge in [-0.05, 0) is 71.5 Å². The van der Waals surface area contributed by atoms with E-state index in [1.165, 1.54) is 44.5 Å². The van der Waals surface area contributed by atoms with Gasteiger partial charge >= 0.3 is 0 Å². The molecule has 0 N–H and O–H groups in total. The number of fused-ring (bicyclic) bond motifs is 3. The number of rotatable bonds is 4. The molecule has 6 rings (SSSR count). The van der Waals surface area contributed by atoms with Gasteiger partial charge in [0.1, 0.15) is 0 Å². The summed E-state index contributed by atoms with van der Waals surface area (Å²) in [5.74, 6) is 0.393. The van der Waals surface area contributed by atoms with Crippen LogP contribution in [0.2, 0.25) is 0 Å². The van der Waals surface area contributed by atoms with E-state index < -0.39 is 0 Å². The van der Waals surface area contributed by atoms with E-state index >= 15 is 0 Å². The van der Waals surface area contributed by atoms with Crippen molar-refractivity contribution in [3.63, 3.8) is 0 Å². The second-order valence-corrected chi connectivity index (χ2v) is 11.6. The Labute approximate surface area is 224 Å². The van der Waals surface area contributed by atoms with Crippen LogP contribution >= 0.6 is 31.9 Å². The Morgan fingerprint density at radius 2 is 1.00 bits per heavy atom. The van der Waals surface area contributed by atoms with Gasteiger partial charge in [0.05, 0.1) is 0 Å². The van der Waals surface area contributed by atoms with Crippen molar-refractivity contribution < 1.29 is 0 Å². The molecule has 2 heteroatoms. The van der Waals surface area contributed by atoms with Gasteiger partial charge in [0.15, 0.2) is 0 Å². The molecule has 4 aromatic rings. The summed E-state index contributed by atoms with van der Waals surface area (Å²) in [6.45, 7) is 4.39. The zero-order valence-electron chi connectivity index (χ0n) is 19.8. The van der Waals surface area contributed by atoms with Crippen LogP contribution in [0.25, 0.3) is 11.1 Å². The van der Waals surface area contributed by atoms with Crippen molar-refractivity contribution in [1.82, 2.24) is 0 Å². The first-order valence-corrected chi connectivity index (χ1v) is 13.7. The van der Waals surface area contributed by atoms with Gasteiger partial charge in [-0.1, -0.05) is 128 Å². The van der Waals surface area contributed by atoms with Crippen molar-refractivity contribution in [3.8, 4) is 11.1 Å². The largest absolute Gasteiger partial charge is 0.0764 e. The van der Waals surface area contributed by atoms with E-state index in [1.54, 1.807) is 0 Å². The summed E-state index contributed by atoms with van der Waals surface area (Å²) in [6, 6.07) is 32.1. The van der Waals surface area contributed by atoms with Crippen molar-refractivity contribution in [2.45, 2.75) is 25.2 Å². The Morgan fingerprint density at radius 3 is 1.43 bits per heavy atom. The molecule has 0 unspecified atom stereocenters. The number of allylic oxidation sites excluding steroid dienone is 4. The van der Waals surface area contributed by atoms with Crippen LogP contribution in [0.5, 0.6) is 0 Å². The van der Waals surface area contributed by atoms with E-state index in [9.17, 15) is 0 Å². The fourth-order valence-corrected chi connectivity index (χ4v) is 6.76. The van der Waals surface area contributed by atoms with Gasteiger partial charge in [-0.2, -0.15) is 0 Å². The quantitative estimate of drug-likeness (QED) is 0.225. The van der Waals surface area contributed by atoms with E-state index in [1.807, 2.05) is 0 Å². The smallest absolute Gasteiger partial charge is 0.0409 e. The molecule has 172 valence electrons. The zero-order valence-corrected chi connectivity index (χ0v) is 23.0. The van der Waals surface area contributed by atoms with Gasteiger partial charge < -0.3 is 0 Å². The minimum absolute atomic E-state index is 0.174. The summed E-state index contributed by atoms with van der Waals surface area (Å²) in [7, 11) is 0. The van der Waals surface area contributed by atoms with Crippen molar-refractivity contribution in [2.24, 2.45) is 5.92 Å². The highest BCUT2D eigenvalue weighted by Crippen LogP contribution is 2.60. The number of hydrogen-bond acceptors (Lipinski definition) is 0. The summed E-state index contributed by atoms with van der Waals surface area (Å²) in [6.07, 6.45) is 9.17. The molecule has 4 aromatic carbocycles. The lowest BCUT2D eigenvalue weighted by atomic mass is 9.56. The number of hydrogen-bond donors (Lipinski definition) is 0. The molecular weight excluding hydrogens is 556 g/mol. The second kappa shape index (κ2) is 8.76. The minimum Gasteiger partial charge on any atom is -0.0764 e. The molecule has 0 amide bonds. The predicted molar refractivity (Wildman–Crippen MR) is 154 cm³/mol. The molecule has 35 heavy (non-hydrogen) atoms. The SMILES string of the molecule is Cc1ccc2c(c1)-c1cc(C)ccc1C2C(c1ccc(Br)cc1)(c1ccc(Br)cc1)C1C=CC=C1. The molecule has 0 aliphatic heterocycles. The van der Waals surface area contributed by atoms with Crippen LogP contribution in [0.15, 0.2) is 118 Å². The summed E-state index contributed by atoms with van der Waals surface area (Å²) in [4.78, 5) is 0. The van der Waals surface area contributed by atoms with Crippen LogP contribution in [0.1, 0.15) is 39.3 Å². The Balaban J connectivity index is 1.75. The maximum Gasteiger partial charge on any atom is 0.0409 e. The third kappa shape index (κ3) is 3.61. The maximum atomic E-state index is 3.68. The van der Waals surface area contributed by atoms with Crippen molar-refractivity contribution >= 4 is 31.9 Å². The molecule has 0 spiro atoms. The van der Waals surface area contributed by atoms with Gasteiger partial charge in [0.25, 0.3) is 0 Å². The van der Waals surface area contributed by atoms with E-state index in [4.69, 9.17) is 0 Å². The summed E-state index contributed by atoms with van der Waals surface area (Å²) in [5, 5.41) is 0. The van der Waals surface area contributed by atoms with Gasteiger partial charge in [-0.3, -0.25) is 0 Å². The van der Waals surface area contributed by atoms with Gasteiger partial charge in [0.2, 0.25) is 0 Å².